The zero-order valence-electron chi connectivity index (χ0n) is 5.46. The van der Waals surface area contributed by atoms with Gasteiger partial charge in [-0.2, -0.15) is 0 Å². The van der Waals surface area contributed by atoms with Crippen molar-refractivity contribution in [2.24, 2.45) is 0 Å². The van der Waals surface area contributed by atoms with Gasteiger partial charge in [0, 0.05) is 0 Å². The number of rotatable bonds is 2. The van der Waals surface area contributed by atoms with Crippen LogP contribution in [0.4, 0.5) is 0 Å². The first-order chi connectivity index (χ1) is 3.91. The van der Waals surface area contributed by atoms with Crippen LogP contribution in [0.25, 0.3) is 0 Å². The second-order valence-corrected chi connectivity index (χ2v) is 1.44. The van der Waals surface area contributed by atoms with Crippen LogP contribution in [-0.2, 0) is 0 Å². The molecule has 0 bridgehead atoms. The summed E-state index contributed by atoms with van der Waals surface area (Å²) < 4.78 is 0. The molecule has 0 aromatic heterocycles. The lowest BCUT2D eigenvalue weighted by atomic mass is 10.4. The molecule has 0 aliphatic carbocycles. The van der Waals surface area contributed by atoms with E-state index in [4.69, 9.17) is 0 Å². The van der Waals surface area contributed by atoms with Crippen molar-refractivity contribution in [2.75, 3.05) is 0 Å². The number of hydrogen-bond donors (Lipinski definition) is 0. The summed E-state index contributed by atoms with van der Waals surface area (Å²) in [5, 5.41) is 0. The molecule has 0 saturated carbocycles. The molecule has 0 atom stereocenters. The van der Waals surface area contributed by atoms with Gasteiger partial charge in [0.15, 0.2) is 0 Å². The highest BCUT2D eigenvalue weighted by atomic mass is 13.6. The molecule has 0 aromatic carbocycles. The predicted molar refractivity (Wildman–Crippen MR) is 45.5 cm³/mol. The van der Waals surface area contributed by atoms with Gasteiger partial charge in [0.05, 0.1) is 0 Å². The molecule has 0 aliphatic rings. The Morgan fingerprint density at radius 2 is 1.00 bits per heavy atom. The summed E-state index contributed by atoms with van der Waals surface area (Å²) in [6, 6.07) is 0. The topological polar surface area (TPSA) is 0 Å². The van der Waals surface area contributed by atoms with E-state index in [2.05, 4.69) is 0 Å². The Morgan fingerprint density at radius 1 is 0.667 bits per heavy atom. The van der Waals surface area contributed by atoms with Gasteiger partial charge in [-0.25, -0.2) is 0 Å². The Balaban J connectivity index is 0. The van der Waals surface area contributed by atoms with Crippen molar-refractivity contribution >= 4 is 0 Å². The Labute approximate surface area is 58.6 Å². The fourth-order valence-corrected chi connectivity index (χ4v) is 0.351. The SMILES string of the molecule is C.C\C=C/C=C\C=C\C. The molecule has 0 unspecified atom stereocenters. The van der Waals surface area contributed by atoms with Gasteiger partial charge < -0.3 is 0 Å². The maximum Gasteiger partial charge on any atom is -0.0467 e. The monoisotopic (exact) mass is 124 g/mol. The lowest BCUT2D eigenvalue weighted by molar-refractivity contribution is 1.71. The smallest absolute Gasteiger partial charge is 0.0467 e. The molecule has 0 fully saturated rings. The Morgan fingerprint density at radius 3 is 1.22 bits per heavy atom. The largest absolute Gasteiger partial charge is 0.0877 e. The van der Waals surface area contributed by atoms with E-state index >= 15 is 0 Å². The molecule has 0 N–H and O–H groups in total. The van der Waals surface area contributed by atoms with Crippen LogP contribution in [0.2, 0.25) is 0 Å². The fourth-order valence-electron chi connectivity index (χ4n) is 0.351. The predicted octanol–water partition coefficient (Wildman–Crippen LogP) is 3.33. The third-order valence-corrected chi connectivity index (χ3v) is 0.718. The lowest BCUT2D eigenvalue weighted by Gasteiger charge is -1.68. The van der Waals surface area contributed by atoms with Crippen molar-refractivity contribution in [1.82, 2.24) is 0 Å². The molecule has 0 heteroatoms. The lowest BCUT2D eigenvalue weighted by Crippen LogP contribution is -1.46. The van der Waals surface area contributed by atoms with Crippen molar-refractivity contribution in [3.8, 4) is 0 Å². The molecule has 0 radical (unpaired) electrons. The second-order valence-electron chi connectivity index (χ2n) is 1.44. The van der Waals surface area contributed by atoms with Gasteiger partial charge in [-0.05, 0) is 13.8 Å². The van der Waals surface area contributed by atoms with Crippen LogP contribution in [0.1, 0.15) is 21.3 Å². The zero-order chi connectivity index (χ0) is 6.24. The standard InChI is InChI=1S/C8H12.CH4/c1-3-5-7-8-6-4-2;/h3-8H,1-2H3;1H4/b5-3-,6-4+,8-7-;. The Hall–Kier alpha value is -0.780. The maximum absolute atomic E-state index is 2.00. The molecule has 0 amide bonds. The van der Waals surface area contributed by atoms with Crippen molar-refractivity contribution in [3.05, 3.63) is 36.5 Å². The summed E-state index contributed by atoms with van der Waals surface area (Å²) in [6.45, 7) is 4.00. The summed E-state index contributed by atoms with van der Waals surface area (Å²) in [7, 11) is 0. The summed E-state index contributed by atoms with van der Waals surface area (Å²) >= 11 is 0. The van der Waals surface area contributed by atoms with Crippen LogP contribution >= 0.6 is 0 Å². The third kappa shape index (κ3) is 11.0. The molecule has 0 spiro atoms. The van der Waals surface area contributed by atoms with Crippen LogP contribution in [0.5, 0.6) is 0 Å². The minimum atomic E-state index is 0. The first kappa shape index (κ1) is 11.1. The molecule has 0 aromatic rings. The molecule has 9 heavy (non-hydrogen) atoms. The highest BCUT2D eigenvalue weighted by Crippen LogP contribution is 1.77. The van der Waals surface area contributed by atoms with Crippen LogP contribution in [0, 0.1) is 0 Å². The van der Waals surface area contributed by atoms with Crippen LogP contribution in [-0.4, -0.2) is 0 Å². The Kier molecular flexibility index (Phi) is 12.6. The third-order valence-electron chi connectivity index (χ3n) is 0.718. The fraction of sp³-hybridized carbons (Fsp3) is 0.333. The quantitative estimate of drug-likeness (QED) is 0.495. The van der Waals surface area contributed by atoms with Crippen LogP contribution in [0.3, 0.4) is 0 Å². The molecule has 0 nitrogen and oxygen atoms in total. The van der Waals surface area contributed by atoms with Gasteiger partial charge in [0.1, 0.15) is 0 Å². The van der Waals surface area contributed by atoms with E-state index in [-0.39, 0.29) is 7.43 Å². The Bertz CT molecular complexity index is 91.2. The first-order valence-corrected chi connectivity index (χ1v) is 2.82. The van der Waals surface area contributed by atoms with E-state index < -0.39 is 0 Å². The molecule has 0 aliphatic heterocycles. The van der Waals surface area contributed by atoms with E-state index in [9.17, 15) is 0 Å². The van der Waals surface area contributed by atoms with E-state index in [1.165, 1.54) is 0 Å². The van der Waals surface area contributed by atoms with E-state index in [1.807, 2.05) is 50.3 Å². The van der Waals surface area contributed by atoms with E-state index in [1.54, 1.807) is 0 Å². The summed E-state index contributed by atoms with van der Waals surface area (Å²) in [5.74, 6) is 0. The van der Waals surface area contributed by atoms with Crippen molar-refractivity contribution in [3.63, 3.8) is 0 Å². The molecular formula is C9H16. The molecule has 52 valence electrons. The van der Waals surface area contributed by atoms with Gasteiger partial charge in [0.2, 0.25) is 0 Å². The molecule has 0 heterocycles. The van der Waals surface area contributed by atoms with Gasteiger partial charge in [-0.15, -0.1) is 0 Å². The summed E-state index contributed by atoms with van der Waals surface area (Å²) in [4.78, 5) is 0. The first-order valence-electron chi connectivity index (χ1n) is 2.82. The van der Waals surface area contributed by atoms with Crippen molar-refractivity contribution in [1.29, 1.82) is 0 Å². The van der Waals surface area contributed by atoms with E-state index in [0.29, 0.717) is 0 Å². The number of hydrogen-bond acceptors (Lipinski definition) is 0. The van der Waals surface area contributed by atoms with Gasteiger partial charge in [0.25, 0.3) is 0 Å². The molecular weight excluding hydrogens is 108 g/mol. The van der Waals surface area contributed by atoms with Crippen LogP contribution < -0.4 is 0 Å². The van der Waals surface area contributed by atoms with Crippen molar-refractivity contribution in [2.45, 2.75) is 21.3 Å². The zero-order valence-corrected chi connectivity index (χ0v) is 5.46. The summed E-state index contributed by atoms with van der Waals surface area (Å²) in [5.41, 5.74) is 0. The van der Waals surface area contributed by atoms with Crippen LogP contribution in [0.15, 0.2) is 36.5 Å². The highest BCUT2D eigenvalue weighted by Gasteiger charge is 1.55. The second kappa shape index (κ2) is 10.3. The molecule has 0 rings (SSSR count). The average molecular weight is 124 g/mol. The highest BCUT2D eigenvalue weighted by molar-refractivity contribution is 5.09. The minimum Gasteiger partial charge on any atom is -0.0877 e. The summed E-state index contributed by atoms with van der Waals surface area (Å²) in [6.07, 6.45) is 12.0. The van der Waals surface area contributed by atoms with Gasteiger partial charge in [-0.3, -0.25) is 0 Å². The number of allylic oxidation sites excluding steroid dienone is 6. The van der Waals surface area contributed by atoms with Gasteiger partial charge in [-0.1, -0.05) is 43.9 Å². The van der Waals surface area contributed by atoms with Crippen molar-refractivity contribution < 1.29 is 0 Å². The normalized spacial score (nSPS) is 11.3. The van der Waals surface area contributed by atoms with Gasteiger partial charge >= 0.3 is 0 Å². The minimum absolute atomic E-state index is 0. The van der Waals surface area contributed by atoms with E-state index in [0.717, 1.165) is 0 Å². The average Bonchev–Trinajstić information content (AvgIpc) is 1.81. The molecule has 0 saturated heterocycles. The maximum atomic E-state index is 2.00.